The van der Waals surface area contributed by atoms with E-state index in [1.54, 1.807) is 11.8 Å². The average molecular weight is 285 g/mol. The van der Waals surface area contributed by atoms with Gasteiger partial charge in [0.05, 0.1) is 0 Å². The zero-order valence-corrected chi connectivity index (χ0v) is 13.1. The molecule has 0 aliphatic rings. The summed E-state index contributed by atoms with van der Waals surface area (Å²) in [6.07, 6.45) is 4.44. The highest BCUT2D eigenvalue weighted by atomic mass is 32.2. The van der Waals surface area contributed by atoms with Crippen molar-refractivity contribution in [2.24, 2.45) is 0 Å². The van der Waals surface area contributed by atoms with Gasteiger partial charge in [-0.3, -0.25) is 0 Å². The quantitative estimate of drug-likeness (QED) is 0.585. The molecule has 0 bridgehead atoms. The van der Waals surface area contributed by atoms with Gasteiger partial charge in [0.1, 0.15) is 0 Å². The van der Waals surface area contributed by atoms with Crippen LogP contribution < -0.4 is 5.32 Å². The normalized spacial score (nSPS) is 12.3. The predicted octanol–water partition coefficient (Wildman–Crippen LogP) is 4.69. The van der Waals surface area contributed by atoms with Crippen LogP contribution >= 0.6 is 11.8 Å². The zero-order chi connectivity index (χ0) is 14.2. The molecule has 1 nitrogen and oxygen atoms in total. The molecule has 0 heterocycles. The first-order valence-corrected chi connectivity index (χ1v) is 8.43. The molecule has 0 saturated heterocycles. The monoisotopic (exact) mass is 285 g/mol. The van der Waals surface area contributed by atoms with Crippen molar-refractivity contribution in [3.05, 3.63) is 65.7 Å². The van der Waals surface area contributed by atoms with Crippen molar-refractivity contribution in [3.8, 4) is 0 Å². The molecule has 1 unspecified atom stereocenters. The second-order valence-corrected chi connectivity index (χ2v) is 5.92. The van der Waals surface area contributed by atoms with Crippen molar-refractivity contribution >= 4 is 11.8 Å². The number of aryl methyl sites for hydroxylation is 1. The van der Waals surface area contributed by atoms with Crippen molar-refractivity contribution in [1.29, 1.82) is 0 Å². The fraction of sp³-hybridized carbons (Fsp3) is 0.333. The summed E-state index contributed by atoms with van der Waals surface area (Å²) in [7, 11) is 0. The highest BCUT2D eigenvalue weighted by molar-refractivity contribution is 7.98. The van der Waals surface area contributed by atoms with Crippen LogP contribution in [0.1, 0.15) is 30.5 Å². The van der Waals surface area contributed by atoms with Gasteiger partial charge >= 0.3 is 0 Å². The minimum Gasteiger partial charge on any atom is -0.310 e. The molecule has 0 saturated carbocycles. The molecule has 0 aromatic heterocycles. The summed E-state index contributed by atoms with van der Waals surface area (Å²) >= 11 is 1.80. The maximum atomic E-state index is 3.61. The van der Waals surface area contributed by atoms with E-state index in [4.69, 9.17) is 0 Å². The van der Waals surface area contributed by atoms with E-state index in [2.05, 4.69) is 73.1 Å². The molecule has 0 aliphatic heterocycles. The van der Waals surface area contributed by atoms with Gasteiger partial charge in [-0.2, -0.15) is 0 Å². The fourth-order valence-corrected chi connectivity index (χ4v) is 2.75. The van der Waals surface area contributed by atoms with E-state index in [0.717, 1.165) is 13.0 Å². The van der Waals surface area contributed by atoms with Crippen LogP contribution in [0.5, 0.6) is 0 Å². The molecule has 2 rings (SSSR count). The van der Waals surface area contributed by atoms with Crippen molar-refractivity contribution < 1.29 is 0 Å². The third-order valence-corrected chi connectivity index (χ3v) is 4.25. The number of rotatable bonds is 7. The highest BCUT2D eigenvalue weighted by Crippen LogP contribution is 2.20. The molecule has 0 aliphatic carbocycles. The standard InChI is InChI=1S/C18H23NS/c1-15(17-11-6-12-18(14-17)20-2)19-13-7-10-16-8-4-3-5-9-16/h3-6,8-9,11-12,14-15,19H,7,10,13H2,1-2H3. The Morgan fingerprint density at radius 1 is 1.05 bits per heavy atom. The molecular formula is C18H23NS. The SMILES string of the molecule is CSc1cccc(C(C)NCCCc2ccccc2)c1. The number of benzene rings is 2. The molecule has 20 heavy (non-hydrogen) atoms. The number of hydrogen-bond acceptors (Lipinski definition) is 2. The van der Waals surface area contributed by atoms with E-state index >= 15 is 0 Å². The Balaban J connectivity index is 1.76. The lowest BCUT2D eigenvalue weighted by atomic mass is 10.1. The van der Waals surface area contributed by atoms with Gasteiger partial charge in [-0.1, -0.05) is 42.5 Å². The minimum absolute atomic E-state index is 0.415. The minimum atomic E-state index is 0.415. The second kappa shape index (κ2) is 8.13. The van der Waals surface area contributed by atoms with Gasteiger partial charge < -0.3 is 5.32 Å². The maximum absolute atomic E-state index is 3.61. The Bertz CT molecular complexity index is 510. The first-order valence-electron chi connectivity index (χ1n) is 7.21. The van der Waals surface area contributed by atoms with Gasteiger partial charge in [0, 0.05) is 10.9 Å². The number of nitrogens with one attached hydrogen (secondary N) is 1. The van der Waals surface area contributed by atoms with Crippen LogP contribution in [0.15, 0.2) is 59.5 Å². The smallest absolute Gasteiger partial charge is 0.0292 e. The Kier molecular flexibility index (Phi) is 6.16. The molecule has 106 valence electrons. The van der Waals surface area contributed by atoms with Crippen molar-refractivity contribution in [3.63, 3.8) is 0 Å². The van der Waals surface area contributed by atoms with E-state index in [1.165, 1.54) is 22.4 Å². The van der Waals surface area contributed by atoms with Crippen LogP contribution in [-0.2, 0) is 6.42 Å². The largest absolute Gasteiger partial charge is 0.310 e. The lowest BCUT2D eigenvalue weighted by Gasteiger charge is -2.15. The first-order chi connectivity index (χ1) is 9.79. The van der Waals surface area contributed by atoms with E-state index < -0.39 is 0 Å². The summed E-state index contributed by atoms with van der Waals surface area (Å²) in [5.41, 5.74) is 2.79. The summed E-state index contributed by atoms with van der Waals surface area (Å²) in [5.74, 6) is 0. The van der Waals surface area contributed by atoms with Crippen LogP contribution in [0.25, 0.3) is 0 Å². The van der Waals surface area contributed by atoms with Gasteiger partial charge in [0.25, 0.3) is 0 Å². The molecular weight excluding hydrogens is 262 g/mol. The second-order valence-electron chi connectivity index (χ2n) is 5.04. The summed E-state index contributed by atoms with van der Waals surface area (Å²) in [6.45, 7) is 3.29. The molecule has 1 atom stereocenters. The topological polar surface area (TPSA) is 12.0 Å². The zero-order valence-electron chi connectivity index (χ0n) is 12.3. The van der Waals surface area contributed by atoms with E-state index in [-0.39, 0.29) is 0 Å². The van der Waals surface area contributed by atoms with Crippen LogP contribution in [0, 0.1) is 0 Å². The highest BCUT2D eigenvalue weighted by Gasteiger charge is 2.04. The Morgan fingerprint density at radius 3 is 2.60 bits per heavy atom. The third kappa shape index (κ3) is 4.69. The van der Waals surface area contributed by atoms with Gasteiger partial charge in [-0.25, -0.2) is 0 Å². The molecule has 2 aromatic carbocycles. The van der Waals surface area contributed by atoms with Gasteiger partial charge in [0.2, 0.25) is 0 Å². The molecule has 0 amide bonds. The number of thioether (sulfide) groups is 1. The summed E-state index contributed by atoms with van der Waals surface area (Å²) < 4.78 is 0. The molecule has 2 heteroatoms. The first kappa shape index (κ1) is 15.1. The van der Waals surface area contributed by atoms with Gasteiger partial charge in [-0.05, 0) is 55.8 Å². The van der Waals surface area contributed by atoms with Crippen LogP contribution in [0.3, 0.4) is 0 Å². The van der Waals surface area contributed by atoms with Gasteiger partial charge in [0.15, 0.2) is 0 Å². The Labute approximate surface area is 126 Å². The summed E-state index contributed by atoms with van der Waals surface area (Å²) in [6, 6.07) is 19.9. The van der Waals surface area contributed by atoms with Gasteiger partial charge in [-0.15, -0.1) is 11.8 Å². The molecule has 0 radical (unpaired) electrons. The van der Waals surface area contributed by atoms with Crippen LogP contribution in [0.2, 0.25) is 0 Å². The lowest BCUT2D eigenvalue weighted by Crippen LogP contribution is -2.20. The molecule has 1 N–H and O–H groups in total. The van der Waals surface area contributed by atoms with E-state index in [1.807, 2.05) is 0 Å². The van der Waals surface area contributed by atoms with Crippen molar-refractivity contribution in [2.75, 3.05) is 12.8 Å². The fourth-order valence-electron chi connectivity index (χ4n) is 2.28. The third-order valence-electron chi connectivity index (χ3n) is 3.53. The van der Waals surface area contributed by atoms with Crippen molar-refractivity contribution in [1.82, 2.24) is 5.32 Å². The lowest BCUT2D eigenvalue weighted by molar-refractivity contribution is 0.557. The van der Waals surface area contributed by atoms with E-state index in [0.29, 0.717) is 6.04 Å². The maximum Gasteiger partial charge on any atom is 0.0292 e. The summed E-state index contributed by atoms with van der Waals surface area (Å²) in [4.78, 5) is 1.33. The molecule has 0 spiro atoms. The Morgan fingerprint density at radius 2 is 1.85 bits per heavy atom. The predicted molar refractivity (Wildman–Crippen MR) is 89.4 cm³/mol. The van der Waals surface area contributed by atoms with Crippen LogP contribution in [0.4, 0.5) is 0 Å². The summed E-state index contributed by atoms with van der Waals surface area (Å²) in [5, 5.41) is 3.61. The van der Waals surface area contributed by atoms with E-state index in [9.17, 15) is 0 Å². The Hall–Kier alpha value is -1.25. The van der Waals surface area contributed by atoms with Crippen LogP contribution in [-0.4, -0.2) is 12.8 Å². The van der Waals surface area contributed by atoms with Crippen molar-refractivity contribution in [2.45, 2.75) is 30.7 Å². The molecule has 2 aromatic rings. The number of hydrogen-bond donors (Lipinski definition) is 1. The molecule has 0 fully saturated rings. The average Bonchev–Trinajstić information content (AvgIpc) is 2.52.